The van der Waals surface area contributed by atoms with Crippen LogP contribution in [0.15, 0.2) is 18.2 Å². The molecule has 1 heterocycles. The molecule has 5 heteroatoms. The maximum atomic E-state index is 12.0. The summed E-state index contributed by atoms with van der Waals surface area (Å²) in [5.74, 6) is -0.987. The van der Waals surface area contributed by atoms with E-state index in [1.165, 1.54) is 19.1 Å². The minimum atomic E-state index is -0.548. The number of Topliss-reactive ketones (excluding diaryl/α,β-unsaturated/α-hetero) is 1. The number of ether oxygens (including phenoxy) is 2. The van der Waals surface area contributed by atoms with Gasteiger partial charge in [0, 0.05) is 14.2 Å². The number of hydrogen-bond acceptors (Lipinski definition) is 4. The van der Waals surface area contributed by atoms with Crippen LogP contribution in [0.4, 0.5) is 5.69 Å². The topological polar surface area (TPSA) is 55.8 Å². The molecule has 0 bridgehead atoms. The Labute approximate surface area is 112 Å². The normalized spacial score (nSPS) is 14.4. The Bertz CT molecular complexity index is 508. The zero-order valence-electron chi connectivity index (χ0n) is 11.3. The van der Waals surface area contributed by atoms with E-state index in [0.717, 1.165) is 12.0 Å². The molecule has 0 saturated carbocycles. The van der Waals surface area contributed by atoms with Gasteiger partial charge in [0.25, 0.3) is 11.7 Å². The number of hydrogen-bond donors (Lipinski definition) is 0. The molecule has 0 fully saturated rings. The smallest absolute Gasteiger partial charge is 0.299 e. The summed E-state index contributed by atoms with van der Waals surface area (Å²) in [4.78, 5) is 25.4. The fourth-order valence-electron chi connectivity index (χ4n) is 2.14. The second-order valence-corrected chi connectivity index (χ2v) is 4.35. The zero-order chi connectivity index (χ0) is 14.0. The number of benzene rings is 1. The van der Waals surface area contributed by atoms with Crippen molar-refractivity contribution in [3.63, 3.8) is 0 Å². The lowest BCUT2D eigenvalue weighted by atomic mass is 10.1. The summed E-state index contributed by atoms with van der Waals surface area (Å²) in [7, 11) is 3.00. The maximum Gasteiger partial charge on any atom is 0.299 e. The van der Waals surface area contributed by atoms with Crippen molar-refractivity contribution in [2.24, 2.45) is 0 Å². The molecule has 0 unspecified atom stereocenters. The SMILES string of the molecule is CCc1ccc2c(c1)C(=O)C(=O)N2CC(OC)OC. The number of carbonyl (C=O) groups excluding carboxylic acids is 2. The van der Waals surface area contributed by atoms with Gasteiger partial charge < -0.3 is 9.47 Å². The lowest BCUT2D eigenvalue weighted by molar-refractivity contribution is -0.119. The largest absolute Gasteiger partial charge is 0.354 e. The van der Waals surface area contributed by atoms with Crippen LogP contribution in [0, 0.1) is 0 Å². The first kappa shape index (κ1) is 13.7. The fraction of sp³-hybridized carbons (Fsp3) is 0.429. The first-order valence-electron chi connectivity index (χ1n) is 6.17. The summed E-state index contributed by atoms with van der Waals surface area (Å²) < 4.78 is 10.2. The number of aryl methyl sites for hydroxylation is 1. The lowest BCUT2D eigenvalue weighted by Gasteiger charge is -2.21. The Morgan fingerprint density at radius 3 is 2.47 bits per heavy atom. The molecule has 1 aliphatic rings. The highest BCUT2D eigenvalue weighted by Gasteiger charge is 2.37. The van der Waals surface area contributed by atoms with Crippen LogP contribution >= 0.6 is 0 Å². The van der Waals surface area contributed by atoms with Gasteiger partial charge in [-0.05, 0) is 24.1 Å². The fourth-order valence-corrected chi connectivity index (χ4v) is 2.14. The van der Waals surface area contributed by atoms with E-state index in [-0.39, 0.29) is 6.54 Å². The summed E-state index contributed by atoms with van der Waals surface area (Å²) in [5.41, 5.74) is 2.14. The summed E-state index contributed by atoms with van der Waals surface area (Å²) in [5, 5.41) is 0. The van der Waals surface area contributed by atoms with Gasteiger partial charge in [-0.15, -0.1) is 0 Å². The molecule has 1 aromatic carbocycles. The van der Waals surface area contributed by atoms with Crippen LogP contribution in [-0.2, 0) is 20.7 Å². The van der Waals surface area contributed by atoms with Gasteiger partial charge >= 0.3 is 0 Å². The molecule has 1 aromatic rings. The van der Waals surface area contributed by atoms with Crippen molar-refractivity contribution in [2.75, 3.05) is 25.7 Å². The minimum Gasteiger partial charge on any atom is -0.354 e. The van der Waals surface area contributed by atoms with E-state index in [1.807, 2.05) is 13.0 Å². The van der Waals surface area contributed by atoms with Crippen LogP contribution in [0.3, 0.4) is 0 Å². The lowest BCUT2D eigenvalue weighted by Crippen LogP contribution is -2.38. The number of rotatable bonds is 5. The van der Waals surface area contributed by atoms with Gasteiger partial charge in [-0.2, -0.15) is 0 Å². The van der Waals surface area contributed by atoms with E-state index in [4.69, 9.17) is 9.47 Å². The number of carbonyl (C=O) groups is 2. The van der Waals surface area contributed by atoms with Gasteiger partial charge in [0.05, 0.1) is 17.8 Å². The first-order chi connectivity index (χ1) is 9.12. The Morgan fingerprint density at radius 2 is 1.89 bits per heavy atom. The first-order valence-corrected chi connectivity index (χ1v) is 6.17. The number of methoxy groups -OCH3 is 2. The van der Waals surface area contributed by atoms with Crippen LogP contribution in [0.1, 0.15) is 22.8 Å². The molecule has 1 aliphatic heterocycles. The van der Waals surface area contributed by atoms with Gasteiger partial charge in [0.2, 0.25) is 0 Å². The van der Waals surface area contributed by atoms with Crippen molar-refractivity contribution in [1.82, 2.24) is 0 Å². The Morgan fingerprint density at radius 1 is 1.21 bits per heavy atom. The average Bonchev–Trinajstić information content (AvgIpc) is 2.68. The highest BCUT2D eigenvalue weighted by atomic mass is 16.7. The Kier molecular flexibility index (Phi) is 3.97. The van der Waals surface area contributed by atoms with Gasteiger partial charge in [0.1, 0.15) is 0 Å². The average molecular weight is 263 g/mol. The Balaban J connectivity index is 2.34. The van der Waals surface area contributed by atoms with E-state index in [2.05, 4.69) is 0 Å². The molecule has 19 heavy (non-hydrogen) atoms. The van der Waals surface area contributed by atoms with Gasteiger partial charge in [-0.1, -0.05) is 13.0 Å². The van der Waals surface area contributed by atoms with Crippen LogP contribution in [-0.4, -0.2) is 38.7 Å². The predicted molar refractivity (Wildman–Crippen MR) is 70.3 cm³/mol. The van der Waals surface area contributed by atoms with Crippen molar-refractivity contribution in [1.29, 1.82) is 0 Å². The van der Waals surface area contributed by atoms with E-state index >= 15 is 0 Å². The quantitative estimate of drug-likeness (QED) is 0.595. The summed E-state index contributed by atoms with van der Waals surface area (Å²) in [6, 6.07) is 5.51. The molecular weight excluding hydrogens is 246 g/mol. The minimum absolute atomic E-state index is 0.204. The molecule has 0 radical (unpaired) electrons. The number of anilines is 1. The standard InChI is InChI=1S/C14H17NO4/c1-4-9-5-6-11-10(7-9)13(16)14(17)15(11)8-12(18-2)19-3/h5-7,12H,4,8H2,1-3H3. The van der Waals surface area contributed by atoms with Gasteiger partial charge in [-0.25, -0.2) is 0 Å². The molecule has 0 aromatic heterocycles. The highest BCUT2D eigenvalue weighted by Crippen LogP contribution is 2.30. The van der Waals surface area contributed by atoms with Crippen LogP contribution in [0.5, 0.6) is 0 Å². The molecule has 5 nitrogen and oxygen atoms in total. The van der Waals surface area contributed by atoms with Crippen molar-refractivity contribution < 1.29 is 19.1 Å². The van der Waals surface area contributed by atoms with E-state index in [0.29, 0.717) is 11.3 Å². The third-order valence-electron chi connectivity index (χ3n) is 3.30. The molecule has 0 spiro atoms. The second-order valence-electron chi connectivity index (χ2n) is 4.35. The molecule has 0 saturated heterocycles. The molecule has 1 amide bonds. The third-order valence-corrected chi connectivity index (χ3v) is 3.30. The molecule has 0 atom stereocenters. The maximum absolute atomic E-state index is 12.0. The van der Waals surface area contributed by atoms with Crippen molar-refractivity contribution in [3.05, 3.63) is 29.3 Å². The predicted octanol–water partition coefficient (Wildman–Crippen LogP) is 1.40. The molecule has 102 valence electrons. The van der Waals surface area contributed by atoms with Crippen molar-refractivity contribution in [3.8, 4) is 0 Å². The number of amides is 1. The summed E-state index contributed by atoms with van der Waals surface area (Å²) in [6.07, 6.45) is 0.279. The monoisotopic (exact) mass is 263 g/mol. The van der Waals surface area contributed by atoms with Gasteiger partial charge in [-0.3, -0.25) is 14.5 Å². The summed E-state index contributed by atoms with van der Waals surface area (Å²) >= 11 is 0. The third kappa shape index (κ3) is 2.39. The molecule has 2 rings (SSSR count). The summed E-state index contributed by atoms with van der Waals surface area (Å²) in [6.45, 7) is 2.21. The van der Waals surface area contributed by atoms with Gasteiger partial charge in [0.15, 0.2) is 6.29 Å². The van der Waals surface area contributed by atoms with E-state index in [9.17, 15) is 9.59 Å². The number of fused-ring (bicyclic) bond motifs is 1. The zero-order valence-corrected chi connectivity index (χ0v) is 11.3. The second kappa shape index (κ2) is 5.50. The van der Waals surface area contributed by atoms with Crippen LogP contribution in [0.25, 0.3) is 0 Å². The van der Waals surface area contributed by atoms with E-state index < -0.39 is 18.0 Å². The Hall–Kier alpha value is -1.72. The van der Waals surface area contributed by atoms with Crippen molar-refractivity contribution >= 4 is 17.4 Å². The molecular formula is C14H17NO4. The van der Waals surface area contributed by atoms with Crippen molar-refractivity contribution in [2.45, 2.75) is 19.6 Å². The van der Waals surface area contributed by atoms with Crippen LogP contribution in [0.2, 0.25) is 0 Å². The molecule has 0 aliphatic carbocycles. The number of nitrogens with zero attached hydrogens (tertiary/aromatic N) is 1. The molecule has 0 N–H and O–H groups in total. The van der Waals surface area contributed by atoms with E-state index in [1.54, 1.807) is 12.1 Å². The van der Waals surface area contributed by atoms with Crippen LogP contribution < -0.4 is 4.90 Å². The number of ketones is 1. The highest BCUT2D eigenvalue weighted by molar-refractivity contribution is 6.52.